The van der Waals surface area contributed by atoms with Gasteiger partial charge in [-0.25, -0.2) is 0 Å². The number of nitrogens with zero attached hydrogens (tertiary/aromatic N) is 2. The Morgan fingerprint density at radius 3 is 2.81 bits per heavy atom. The molecule has 1 aliphatic heterocycles. The summed E-state index contributed by atoms with van der Waals surface area (Å²) in [6.45, 7) is 7.47. The fourth-order valence-corrected chi connectivity index (χ4v) is 2.76. The number of anilines is 1. The average Bonchev–Trinajstić information content (AvgIpc) is 2.94. The third-order valence-electron chi connectivity index (χ3n) is 4.22. The summed E-state index contributed by atoms with van der Waals surface area (Å²) in [4.78, 5) is 16.7. The van der Waals surface area contributed by atoms with Crippen LogP contribution in [0.1, 0.15) is 30.6 Å². The van der Waals surface area contributed by atoms with Crippen molar-refractivity contribution in [2.75, 3.05) is 38.6 Å². The summed E-state index contributed by atoms with van der Waals surface area (Å²) in [6.07, 6.45) is 1.18. The zero-order valence-corrected chi connectivity index (χ0v) is 13.6. The fourth-order valence-electron chi connectivity index (χ4n) is 2.76. The van der Waals surface area contributed by atoms with Gasteiger partial charge in [-0.1, -0.05) is 6.07 Å². The quantitative estimate of drug-likeness (QED) is 0.903. The van der Waals surface area contributed by atoms with E-state index >= 15 is 0 Å². The number of likely N-dealkylation sites (tertiary alicyclic amines) is 1. The molecule has 1 N–H and O–H groups in total. The second kappa shape index (κ2) is 6.94. The smallest absolute Gasteiger partial charge is 0.251 e. The highest BCUT2D eigenvalue weighted by Crippen LogP contribution is 2.18. The highest BCUT2D eigenvalue weighted by Gasteiger charge is 2.24. The lowest BCUT2D eigenvalue weighted by atomic mass is 10.1. The van der Waals surface area contributed by atoms with Crippen molar-refractivity contribution >= 4 is 11.6 Å². The minimum atomic E-state index is 0.0293. The maximum atomic E-state index is 12.2. The molecule has 0 radical (unpaired) electrons. The highest BCUT2D eigenvalue weighted by molar-refractivity contribution is 5.95. The summed E-state index contributed by atoms with van der Waals surface area (Å²) in [5.74, 6) is 0.607. The normalized spacial score (nSPS) is 19.0. The van der Waals surface area contributed by atoms with E-state index in [2.05, 4.69) is 24.1 Å². The van der Waals surface area contributed by atoms with E-state index < -0.39 is 0 Å². The Labute approximate surface area is 128 Å². The van der Waals surface area contributed by atoms with Gasteiger partial charge in [0.15, 0.2) is 0 Å². The molecule has 21 heavy (non-hydrogen) atoms. The summed E-state index contributed by atoms with van der Waals surface area (Å²) in [5, 5.41) is 3.08. The van der Waals surface area contributed by atoms with Crippen molar-refractivity contribution in [1.29, 1.82) is 0 Å². The number of amides is 1. The van der Waals surface area contributed by atoms with Crippen molar-refractivity contribution in [3.63, 3.8) is 0 Å². The molecule has 2 rings (SSSR count). The molecule has 0 aromatic heterocycles. The predicted octanol–water partition coefficient (Wildman–Crippen LogP) is 2.21. The molecule has 1 heterocycles. The van der Waals surface area contributed by atoms with Gasteiger partial charge in [0.25, 0.3) is 5.91 Å². The molecule has 1 amide bonds. The van der Waals surface area contributed by atoms with Gasteiger partial charge < -0.3 is 15.1 Å². The lowest BCUT2D eigenvalue weighted by molar-refractivity contribution is 0.0947. The second-order valence-electron chi connectivity index (χ2n) is 6.40. The van der Waals surface area contributed by atoms with Gasteiger partial charge in [0.05, 0.1) is 0 Å². The number of benzene rings is 1. The zero-order valence-electron chi connectivity index (χ0n) is 13.6. The number of carbonyl (C=O) groups is 1. The van der Waals surface area contributed by atoms with Crippen LogP contribution in [0.2, 0.25) is 0 Å². The number of hydrogen-bond acceptors (Lipinski definition) is 3. The molecular formula is C17H27N3O. The first kappa shape index (κ1) is 15.8. The molecule has 1 aromatic carbocycles. The molecule has 4 heteroatoms. The van der Waals surface area contributed by atoms with Crippen LogP contribution in [-0.2, 0) is 0 Å². The van der Waals surface area contributed by atoms with Crippen LogP contribution in [0.5, 0.6) is 0 Å². The minimum absolute atomic E-state index is 0.0293. The van der Waals surface area contributed by atoms with Crippen molar-refractivity contribution in [1.82, 2.24) is 10.2 Å². The second-order valence-corrected chi connectivity index (χ2v) is 6.40. The summed E-state index contributed by atoms with van der Waals surface area (Å²) in [6, 6.07) is 8.35. The summed E-state index contributed by atoms with van der Waals surface area (Å²) < 4.78 is 0. The van der Waals surface area contributed by atoms with Crippen molar-refractivity contribution in [3.8, 4) is 0 Å². The Kier molecular flexibility index (Phi) is 5.23. The Morgan fingerprint density at radius 2 is 2.19 bits per heavy atom. The maximum absolute atomic E-state index is 12.2. The van der Waals surface area contributed by atoms with E-state index in [9.17, 15) is 4.79 Å². The van der Waals surface area contributed by atoms with Crippen LogP contribution in [-0.4, -0.2) is 50.6 Å². The molecule has 0 aliphatic carbocycles. The highest BCUT2D eigenvalue weighted by atomic mass is 16.1. The van der Waals surface area contributed by atoms with Gasteiger partial charge >= 0.3 is 0 Å². The molecule has 1 aliphatic rings. The lowest BCUT2D eigenvalue weighted by Crippen LogP contribution is -2.33. The van der Waals surface area contributed by atoms with Gasteiger partial charge in [-0.3, -0.25) is 4.79 Å². The number of nitrogens with one attached hydrogen (secondary N) is 1. The van der Waals surface area contributed by atoms with E-state index in [0.717, 1.165) is 30.9 Å². The van der Waals surface area contributed by atoms with Gasteiger partial charge in [-0.05, 0) is 50.9 Å². The monoisotopic (exact) mass is 289 g/mol. The first-order valence-electron chi connectivity index (χ1n) is 7.77. The molecule has 1 atom stereocenters. The standard InChI is InChI=1S/C17H27N3O/c1-13(2)20-9-8-14(12-20)11-18-17(21)15-6-5-7-16(10-15)19(3)4/h5-7,10,13-14H,8-9,11-12H2,1-4H3,(H,18,21)/t14-/m1/s1. The molecular weight excluding hydrogens is 262 g/mol. The van der Waals surface area contributed by atoms with Gasteiger partial charge in [0.1, 0.15) is 0 Å². The Balaban J connectivity index is 1.86. The van der Waals surface area contributed by atoms with E-state index in [4.69, 9.17) is 0 Å². The van der Waals surface area contributed by atoms with Crippen molar-refractivity contribution in [2.24, 2.45) is 5.92 Å². The first-order chi connectivity index (χ1) is 9.97. The van der Waals surface area contributed by atoms with Gasteiger partial charge in [0.2, 0.25) is 0 Å². The van der Waals surface area contributed by atoms with Crippen LogP contribution in [0.15, 0.2) is 24.3 Å². The van der Waals surface area contributed by atoms with Crippen LogP contribution < -0.4 is 10.2 Å². The summed E-state index contributed by atoms with van der Waals surface area (Å²) >= 11 is 0. The molecule has 1 fully saturated rings. The molecule has 0 spiro atoms. The molecule has 0 unspecified atom stereocenters. The van der Waals surface area contributed by atoms with Crippen LogP contribution in [0.25, 0.3) is 0 Å². The minimum Gasteiger partial charge on any atom is -0.378 e. The van der Waals surface area contributed by atoms with Crippen LogP contribution >= 0.6 is 0 Å². The number of rotatable bonds is 5. The largest absolute Gasteiger partial charge is 0.378 e. The molecule has 4 nitrogen and oxygen atoms in total. The Hall–Kier alpha value is -1.55. The van der Waals surface area contributed by atoms with Crippen LogP contribution in [0, 0.1) is 5.92 Å². The Bertz CT molecular complexity index is 485. The van der Waals surface area contributed by atoms with E-state index in [1.807, 2.05) is 43.3 Å². The van der Waals surface area contributed by atoms with Gasteiger partial charge in [-0.2, -0.15) is 0 Å². The van der Waals surface area contributed by atoms with E-state index in [1.165, 1.54) is 6.42 Å². The SMILES string of the molecule is CC(C)N1CC[C@H](CNC(=O)c2cccc(N(C)C)c2)C1. The lowest BCUT2D eigenvalue weighted by Gasteiger charge is -2.20. The number of carbonyl (C=O) groups excluding carboxylic acids is 1. The van der Waals surface area contributed by atoms with Crippen molar-refractivity contribution in [3.05, 3.63) is 29.8 Å². The molecule has 0 saturated carbocycles. The first-order valence-corrected chi connectivity index (χ1v) is 7.77. The van der Waals surface area contributed by atoms with E-state index in [0.29, 0.717) is 12.0 Å². The average molecular weight is 289 g/mol. The maximum Gasteiger partial charge on any atom is 0.251 e. The topological polar surface area (TPSA) is 35.6 Å². The zero-order chi connectivity index (χ0) is 15.4. The summed E-state index contributed by atoms with van der Waals surface area (Å²) in [7, 11) is 3.96. The van der Waals surface area contributed by atoms with Crippen LogP contribution in [0.3, 0.4) is 0 Å². The third kappa shape index (κ3) is 4.21. The van der Waals surface area contributed by atoms with Gasteiger partial charge in [0, 0.05) is 44.5 Å². The molecule has 116 valence electrons. The van der Waals surface area contributed by atoms with Crippen molar-refractivity contribution < 1.29 is 4.79 Å². The van der Waals surface area contributed by atoms with E-state index in [1.54, 1.807) is 0 Å². The predicted molar refractivity (Wildman–Crippen MR) is 87.9 cm³/mol. The Morgan fingerprint density at radius 1 is 1.43 bits per heavy atom. The van der Waals surface area contributed by atoms with Crippen LogP contribution in [0.4, 0.5) is 5.69 Å². The van der Waals surface area contributed by atoms with E-state index in [-0.39, 0.29) is 5.91 Å². The molecule has 1 saturated heterocycles. The molecule has 0 bridgehead atoms. The van der Waals surface area contributed by atoms with Crippen molar-refractivity contribution in [2.45, 2.75) is 26.3 Å². The van der Waals surface area contributed by atoms with Gasteiger partial charge in [-0.15, -0.1) is 0 Å². The fraction of sp³-hybridized carbons (Fsp3) is 0.588. The number of hydrogen-bond donors (Lipinski definition) is 1. The summed E-state index contributed by atoms with van der Waals surface area (Å²) in [5.41, 5.74) is 1.79. The molecule has 1 aromatic rings. The third-order valence-corrected chi connectivity index (χ3v) is 4.22.